The van der Waals surface area contributed by atoms with Gasteiger partial charge in [0.05, 0.1) is 17.1 Å². The molecule has 3 heteroatoms. The highest BCUT2D eigenvalue weighted by molar-refractivity contribution is 5.99. The van der Waals surface area contributed by atoms with Crippen LogP contribution in [0.25, 0.3) is 73.4 Å². The van der Waals surface area contributed by atoms with Crippen molar-refractivity contribution in [2.24, 2.45) is 0 Å². The molecule has 0 radical (unpaired) electrons. The minimum Gasteiger partial charge on any atom is -0.310 e. The summed E-state index contributed by atoms with van der Waals surface area (Å²) in [5, 5.41) is 2.43. The molecule has 8 aromatic carbocycles. The van der Waals surface area contributed by atoms with Crippen molar-refractivity contribution >= 4 is 40.0 Å². The van der Waals surface area contributed by atoms with Crippen LogP contribution in [0.4, 0.5) is 17.1 Å². The highest BCUT2D eigenvalue weighted by atomic mass is 15.1. The Hall–Kier alpha value is -7.49. The third-order valence-corrected chi connectivity index (χ3v) is 10.4. The van der Waals surface area contributed by atoms with Gasteiger partial charge in [-0.1, -0.05) is 171 Å². The van der Waals surface area contributed by atoms with E-state index in [0.29, 0.717) is 0 Å². The van der Waals surface area contributed by atoms with Crippen molar-refractivity contribution in [1.29, 1.82) is 0 Å². The fourth-order valence-corrected chi connectivity index (χ4v) is 7.76. The third kappa shape index (κ3) is 6.31. The van der Waals surface area contributed by atoms with Gasteiger partial charge in [-0.05, 0) is 93.4 Å². The Kier molecular flexibility index (Phi) is 9.24. The molecule has 0 fully saturated rings. The van der Waals surface area contributed by atoms with Gasteiger partial charge >= 0.3 is 0 Å². The largest absolute Gasteiger partial charge is 0.310 e. The Morgan fingerprint density at radius 1 is 0.429 bits per heavy atom. The number of aromatic nitrogens is 2. The van der Waals surface area contributed by atoms with Crippen molar-refractivity contribution in [3.05, 3.63) is 225 Å². The molecule has 0 amide bonds. The lowest BCUT2D eigenvalue weighted by molar-refractivity contribution is 1.05. The molecule has 56 heavy (non-hydrogen) atoms. The van der Waals surface area contributed by atoms with E-state index in [1.165, 1.54) is 33.0 Å². The first-order valence-electron chi connectivity index (χ1n) is 18.9. The number of benzene rings is 8. The maximum absolute atomic E-state index is 4.99. The van der Waals surface area contributed by atoms with Gasteiger partial charge in [0.25, 0.3) is 0 Å². The minimum absolute atomic E-state index is 0.805. The normalized spacial score (nSPS) is 11.0. The van der Waals surface area contributed by atoms with E-state index in [-0.39, 0.29) is 0 Å². The van der Waals surface area contributed by atoms with Gasteiger partial charge in [-0.25, -0.2) is 4.98 Å². The van der Waals surface area contributed by atoms with E-state index in [0.717, 1.165) is 56.7 Å². The van der Waals surface area contributed by atoms with Crippen LogP contribution in [-0.2, 0) is 0 Å². The monoisotopic (exact) mass is 717 g/mol. The van der Waals surface area contributed by atoms with Crippen LogP contribution < -0.4 is 4.90 Å². The first-order valence-corrected chi connectivity index (χ1v) is 18.9. The Balaban J connectivity index is 1.08. The summed E-state index contributed by atoms with van der Waals surface area (Å²) >= 11 is 0. The first-order chi connectivity index (χ1) is 27.7. The van der Waals surface area contributed by atoms with Crippen LogP contribution in [0.1, 0.15) is 11.4 Å². The van der Waals surface area contributed by atoms with Crippen molar-refractivity contribution in [1.82, 2.24) is 9.55 Å². The summed E-state index contributed by atoms with van der Waals surface area (Å²) in [4.78, 5) is 7.34. The number of para-hydroxylation sites is 2. The molecule has 0 aliphatic carbocycles. The van der Waals surface area contributed by atoms with E-state index in [1.54, 1.807) is 6.08 Å². The summed E-state index contributed by atoms with van der Waals surface area (Å²) < 4.78 is 2.15. The van der Waals surface area contributed by atoms with Crippen LogP contribution in [0, 0.1) is 0 Å². The predicted octanol–water partition coefficient (Wildman–Crippen LogP) is 14.4. The Morgan fingerprint density at radius 3 is 1.55 bits per heavy atom. The van der Waals surface area contributed by atoms with Crippen LogP contribution in [0.15, 0.2) is 213 Å². The van der Waals surface area contributed by atoms with Gasteiger partial charge < -0.3 is 4.90 Å². The molecule has 0 atom stereocenters. The Morgan fingerprint density at radius 2 is 0.929 bits per heavy atom. The highest BCUT2D eigenvalue weighted by Crippen LogP contribution is 2.42. The van der Waals surface area contributed by atoms with E-state index < -0.39 is 0 Å². The Labute approximate surface area is 328 Å². The molecule has 1 heterocycles. The van der Waals surface area contributed by atoms with Crippen LogP contribution in [0.5, 0.6) is 0 Å². The van der Waals surface area contributed by atoms with E-state index in [2.05, 4.69) is 205 Å². The summed E-state index contributed by atoms with van der Waals surface area (Å²) in [6.07, 6.45) is 3.64. The Bertz CT molecular complexity index is 2810. The van der Waals surface area contributed by atoms with E-state index in [1.807, 2.05) is 24.3 Å². The van der Waals surface area contributed by atoms with Gasteiger partial charge in [0.2, 0.25) is 0 Å². The molecule has 9 rings (SSSR count). The van der Waals surface area contributed by atoms with Gasteiger partial charge in [-0.3, -0.25) is 4.57 Å². The van der Waals surface area contributed by atoms with Gasteiger partial charge in [-0.15, -0.1) is 0 Å². The first kappa shape index (κ1) is 34.3. The molecule has 0 unspecified atom stereocenters. The van der Waals surface area contributed by atoms with E-state index >= 15 is 0 Å². The molecular weight excluding hydrogens is 679 g/mol. The minimum atomic E-state index is 0.805. The summed E-state index contributed by atoms with van der Waals surface area (Å²) in [6, 6.07) is 71.0. The lowest BCUT2D eigenvalue weighted by Crippen LogP contribution is -2.10. The lowest BCUT2D eigenvalue weighted by Gasteiger charge is -2.27. The van der Waals surface area contributed by atoms with Gasteiger partial charge in [0.1, 0.15) is 5.82 Å². The molecule has 9 aromatic rings. The summed E-state index contributed by atoms with van der Waals surface area (Å²) in [6.45, 7) is 8.11. The molecule has 0 bridgehead atoms. The number of hydrogen-bond acceptors (Lipinski definition) is 2. The van der Waals surface area contributed by atoms with E-state index in [4.69, 9.17) is 4.98 Å². The fourth-order valence-electron chi connectivity index (χ4n) is 7.76. The quantitative estimate of drug-likeness (QED) is 0.140. The number of hydrogen-bond donors (Lipinski definition) is 0. The van der Waals surface area contributed by atoms with Crippen molar-refractivity contribution in [2.45, 2.75) is 0 Å². The lowest BCUT2D eigenvalue weighted by atomic mass is 9.89. The molecule has 0 spiro atoms. The number of nitrogens with zero attached hydrogens (tertiary/aromatic N) is 3. The molecule has 1 aromatic heterocycles. The van der Waals surface area contributed by atoms with Crippen LogP contribution in [0.2, 0.25) is 0 Å². The summed E-state index contributed by atoms with van der Waals surface area (Å²) in [5.74, 6) is 0.848. The summed E-state index contributed by atoms with van der Waals surface area (Å²) in [7, 11) is 0. The molecule has 0 N–H and O–H groups in total. The standard InChI is InChI=1S/C53H39N3/c1-3-50-51(4-2)56(43-22-9-6-10-23-43)53(54-50)41-32-30-39(31-33-41)45-24-13-15-27-48(45)49-28-16-14-25-46(49)40-34-36-44(37-35-40)55(42-20-7-5-8-21-42)52-29-17-19-38-18-11-12-26-47(38)52/h3-37H,1-2H2. The second-order valence-electron chi connectivity index (χ2n) is 13.7. The SMILES string of the molecule is C=Cc1nc(-c2ccc(-c3ccccc3-c3ccccc3-c3ccc(N(c4ccccc4)c4cccc5ccccc45)cc3)cc2)n(-c2ccccc2)c1C=C. The molecule has 0 aliphatic rings. The molecule has 0 saturated heterocycles. The number of rotatable bonds is 10. The maximum Gasteiger partial charge on any atom is 0.145 e. The van der Waals surface area contributed by atoms with Crippen LogP contribution in [-0.4, -0.2) is 9.55 Å². The second kappa shape index (κ2) is 15.1. The summed E-state index contributed by atoms with van der Waals surface area (Å²) in [5.41, 5.74) is 14.1. The molecule has 3 nitrogen and oxygen atoms in total. The topological polar surface area (TPSA) is 21.1 Å². The van der Waals surface area contributed by atoms with Crippen molar-refractivity contribution in [2.75, 3.05) is 4.90 Å². The third-order valence-electron chi connectivity index (χ3n) is 10.4. The van der Waals surface area contributed by atoms with E-state index in [9.17, 15) is 0 Å². The van der Waals surface area contributed by atoms with Gasteiger partial charge in [0, 0.05) is 28.0 Å². The van der Waals surface area contributed by atoms with Crippen LogP contribution in [0.3, 0.4) is 0 Å². The van der Waals surface area contributed by atoms with Gasteiger partial charge in [-0.2, -0.15) is 0 Å². The van der Waals surface area contributed by atoms with Crippen molar-refractivity contribution < 1.29 is 0 Å². The van der Waals surface area contributed by atoms with Gasteiger partial charge in [0.15, 0.2) is 0 Å². The highest BCUT2D eigenvalue weighted by Gasteiger charge is 2.19. The smallest absolute Gasteiger partial charge is 0.145 e. The van der Waals surface area contributed by atoms with Crippen molar-refractivity contribution in [3.8, 4) is 50.5 Å². The zero-order chi connectivity index (χ0) is 37.8. The number of fused-ring (bicyclic) bond motifs is 1. The fraction of sp³-hybridized carbons (Fsp3) is 0. The number of imidazole rings is 1. The zero-order valence-electron chi connectivity index (χ0n) is 31.0. The molecule has 0 saturated carbocycles. The molecular formula is C53H39N3. The molecule has 0 aliphatic heterocycles. The second-order valence-corrected chi connectivity index (χ2v) is 13.7. The molecule has 266 valence electrons. The average molecular weight is 718 g/mol. The average Bonchev–Trinajstić information content (AvgIpc) is 3.66. The maximum atomic E-state index is 4.99. The zero-order valence-corrected chi connectivity index (χ0v) is 31.0. The number of anilines is 3. The van der Waals surface area contributed by atoms with Crippen molar-refractivity contribution in [3.63, 3.8) is 0 Å². The van der Waals surface area contributed by atoms with Crippen LogP contribution >= 0.6 is 0 Å². The predicted molar refractivity (Wildman–Crippen MR) is 238 cm³/mol.